The zero-order chi connectivity index (χ0) is 24.3. The van der Waals surface area contributed by atoms with Crippen LogP contribution in [0.25, 0.3) is 17.1 Å². The molecule has 1 aromatic carbocycles. The van der Waals surface area contributed by atoms with E-state index >= 15 is 0 Å². The lowest BCUT2D eigenvalue weighted by Crippen LogP contribution is -2.60. The van der Waals surface area contributed by atoms with Crippen molar-refractivity contribution in [1.82, 2.24) is 20.0 Å². The second-order valence-corrected chi connectivity index (χ2v) is 12.5. The molecular formula is C27H33N7OS. The van der Waals surface area contributed by atoms with Gasteiger partial charge in [-0.3, -0.25) is 0 Å². The quantitative estimate of drug-likeness (QED) is 0.537. The van der Waals surface area contributed by atoms with Gasteiger partial charge in [0.2, 0.25) is 0 Å². The predicted molar refractivity (Wildman–Crippen MR) is 144 cm³/mol. The van der Waals surface area contributed by atoms with E-state index in [2.05, 4.69) is 43.0 Å². The molecule has 2 aliphatic heterocycles. The van der Waals surface area contributed by atoms with Gasteiger partial charge in [0.05, 0.1) is 23.3 Å². The van der Waals surface area contributed by atoms with E-state index in [0.29, 0.717) is 10.8 Å². The summed E-state index contributed by atoms with van der Waals surface area (Å²) in [5, 5.41) is 9.01. The Morgan fingerprint density at radius 1 is 0.889 bits per heavy atom. The Kier molecular flexibility index (Phi) is 5.13. The van der Waals surface area contributed by atoms with Gasteiger partial charge < -0.3 is 14.5 Å². The molecule has 4 aliphatic rings. The maximum absolute atomic E-state index is 11.8. The van der Waals surface area contributed by atoms with E-state index in [0.717, 1.165) is 60.4 Å². The zero-order valence-corrected chi connectivity index (χ0v) is 21.6. The molecule has 9 heteroatoms. The first-order valence-corrected chi connectivity index (χ1v) is 14.7. The zero-order valence-electron chi connectivity index (χ0n) is 20.8. The van der Waals surface area contributed by atoms with E-state index in [4.69, 9.17) is 4.98 Å². The molecule has 8 nitrogen and oxygen atoms in total. The van der Waals surface area contributed by atoms with Crippen LogP contribution in [0.4, 0.5) is 17.2 Å². The summed E-state index contributed by atoms with van der Waals surface area (Å²) >= 11 is 0. The van der Waals surface area contributed by atoms with Crippen molar-refractivity contribution >= 4 is 28.2 Å². The van der Waals surface area contributed by atoms with Crippen LogP contribution in [-0.2, 0) is 11.0 Å². The Hall–Kier alpha value is -2.94. The van der Waals surface area contributed by atoms with Crippen molar-refractivity contribution in [3.8, 4) is 17.1 Å². The Morgan fingerprint density at radius 3 is 2.39 bits per heavy atom. The standard InChI is InChI=1S/C27H33N7OS/c1-36(35)30-20-6-7-23(24(16-20)32-14-12-26(10-11-26)13-15-32)34-17-22(29-31-34)21-4-2-5-25(28-21)33-18-27(19-33)8-3-9-27/h2,4-7,16-17,30H,3,8-15,18-19H2,1H3. The Bertz CT molecular complexity index is 1310. The van der Waals surface area contributed by atoms with Crippen molar-refractivity contribution in [3.05, 3.63) is 42.6 Å². The van der Waals surface area contributed by atoms with Crippen LogP contribution >= 0.6 is 0 Å². The summed E-state index contributed by atoms with van der Waals surface area (Å²) in [5.41, 5.74) is 5.73. The molecule has 188 valence electrons. The van der Waals surface area contributed by atoms with Gasteiger partial charge in [-0.25, -0.2) is 13.9 Å². The summed E-state index contributed by atoms with van der Waals surface area (Å²) in [5.74, 6) is 1.03. The molecule has 1 unspecified atom stereocenters. The van der Waals surface area contributed by atoms with Gasteiger partial charge in [-0.15, -0.1) is 5.10 Å². The fourth-order valence-electron chi connectivity index (χ4n) is 6.26. The van der Waals surface area contributed by atoms with Gasteiger partial charge in [-0.05, 0) is 74.3 Å². The van der Waals surface area contributed by atoms with Crippen LogP contribution in [0, 0.1) is 10.8 Å². The minimum Gasteiger partial charge on any atom is -0.370 e. The SMILES string of the molecule is CS(=O)Nc1ccc(-n2cc(-c3cccc(N4CC5(CCC5)C4)n3)nn2)c(N2CCC3(CC2)CC3)c1. The van der Waals surface area contributed by atoms with Crippen molar-refractivity contribution in [3.63, 3.8) is 0 Å². The molecule has 2 aromatic heterocycles. The number of anilines is 3. The van der Waals surface area contributed by atoms with E-state index < -0.39 is 11.0 Å². The fraction of sp³-hybridized carbons (Fsp3) is 0.519. The molecule has 4 fully saturated rings. The molecule has 2 aliphatic carbocycles. The lowest BCUT2D eigenvalue weighted by atomic mass is 9.63. The molecule has 0 radical (unpaired) electrons. The summed E-state index contributed by atoms with van der Waals surface area (Å²) in [6, 6.07) is 12.3. The topological polar surface area (TPSA) is 79.2 Å². The third-order valence-electron chi connectivity index (χ3n) is 8.89. The lowest BCUT2D eigenvalue weighted by molar-refractivity contribution is 0.0897. The summed E-state index contributed by atoms with van der Waals surface area (Å²) in [7, 11) is -1.12. The molecule has 2 spiro atoms. The van der Waals surface area contributed by atoms with Crippen LogP contribution in [0.2, 0.25) is 0 Å². The molecule has 1 atom stereocenters. The molecule has 3 aromatic rings. The van der Waals surface area contributed by atoms with Crippen LogP contribution in [-0.4, -0.2) is 56.6 Å². The van der Waals surface area contributed by atoms with E-state index in [1.807, 2.05) is 29.1 Å². The van der Waals surface area contributed by atoms with E-state index in [-0.39, 0.29) is 0 Å². The molecule has 2 saturated carbocycles. The van der Waals surface area contributed by atoms with E-state index in [9.17, 15) is 4.21 Å². The van der Waals surface area contributed by atoms with Crippen molar-refractivity contribution < 1.29 is 4.21 Å². The summed E-state index contributed by atoms with van der Waals surface area (Å²) in [4.78, 5) is 9.77. The first kappa shape index (κ1) is 22.3. The highest BCUT2D eigenvalue weighted by Gasteiger charge is 2.47. The van der Waals surface area contributed by atoms with Gasteiger partial charge in [0.25, 0.3) is 0 Å². The van der Waals surface area contributed by atoms with Crippen LogP contribution in [0.3, 0.4) is 0 Å². The molecule has 1 N–H and O–H groups in total. The number of rotatable bonds is 6. The van der Waals surface area contributed by atoms with Gasteiger partial charge in [0.15, 0.2) is 0 Å². The molecule has 0 amide bonds. The smallest absolute Gasteiger partial charge is 0.131 e. The van der Waals surface area contributed by atoms with Crippen LogP contribution < -0.4 is 14.5 Å². The highest BCUT2D eigenvalue weighted by molar-refractivity contribution is 7.85. The van der Waals surface area contributed by atoms with Gasteiger partial charge in [-0.1, -0.05) is 17.7 Å². The average Bonchev–Trinajstić information content (AvgIpc) is 3.38. The minimum absolute atomic E-state index is 0.566. The highest BCUT2D eigenvalue weighted by atomic mass is 32.2. The van der Waals surface area contributed by atoms with E-state index in [1.165, 1.54) is 44.9 Å². The lowest BCUT2D eigenvalue weighted by Gasteiger charge is -2.56. The van der Waals surface area contributed by atoms with Crippen molar-refractivity contribution in [2.45, 2.75) is 44.9 Å². The van der Waals surface area contributed by atoms with Gasteiger partial charge in [0, 0.05) is 43.5 Å². The minimum atomic E-state index is -1.12. The number of nitrogens with zero attached hydrogens (tertiary/aromatic N) is 6. The van der Waals surface area contributed by atoms with Crippen molar-refractivity contribution in [2.24, 2.45) is 10.8 Å². The summed E-state index contributed by atoms with van der Waals surface area (Å²) in [6.07, 6.45) is 13.0. The number of nitrogens with one attached hydrogen (secondary N) is 1. The molecule has 36 heavy (non-hydrogen) atoms. The van der Waals surface area contributed by atoms with Crippen LogP contribution in [0.1, 0.15) is 44.9 Å². The van der Waals surface area contributed by atoms with Gasteiger partial charge in [0.1, 0.15) is 22.5 Å². The third-order valence-corrected chi connectivity index (χ3v) is 9.41. The first-order chi connectivity index (χ1) is 17.5. The number of hydrogen-bond donors (Lipinski definition) is 1. The maximum atomic E-state index is 11.8. The van der Waals surface area contributed by atoms with E-state index in [1.54, 1.807) is 6.26 Å². The van der Waals surface area contributed by atoms with Gasteiger partial charge >= 0.3 is 0 Å². The normalized spacial score (nSPS) is 22.2. The molecule has 2 saturated heterocycles. The largest absolute Gasteiger partial charge is 0.370 e. The Balaban J connectivity index is 1.16. The number of benzene rings is 1. The predicted octanol–water partition coefficient (Wildman–Crippen LogP) is 4.41. The monoisotopic (exact) mass is 503 g/mol. The number of piperidine rings is 1. The first-order valence-electron chi connectivity index (χ1n) is 13.1. The van der Waals surface area contributed by atoms with Crippen LogP contribution in [0.5, 0.6) is 0 Å². The maximum Gasteiger partial charge on any atom is 0.131 e. The third kappa shape index (κ3) is 3.97. The van der Waals surface area contributed by atoms with Crippen LogP contribution in [0.15, 0.2) is 42.6 Å². The Morgan fingerprint density at radius 2 is 1.69 bits per heavy atom. The average molecular weight is 504 g/mol. The summed E-state index contributed by atoms with van der Waals surface area (Å²) in [6.45, 7) is 4.32. The molecule has 7 rings (SSSR count). The molecular weight excluding hydrogens is 470 g/mol. The highest BCUT2D eigenvalue weighted by Crippen LogP contribution is 2.54. The van der Waals surface area contributed by atoms with Crippen molar-refractivity contribution in [1.29, 1.82) is 0 Å². The number of pyridine rings is 1. The Labute approximate surface area is 214 Å². The second-order valence-electron chi connectivity index (χ2n) is 11.4. The fourth-order valence-corrected chi connectivity index (χ4v) is 6.72. The molecule has 4 heterocycles. The number of hydrogen-bond acceptors (Lipinski definition) is 6. The van der Waals surface area contributed by atoms with Gasteiger partial charge in [-0.2, -0.15) is 0 Å². The number of aromatic nitrogens is 4. The van der Waals surface area contributed by atoms with Crippen molar-refractivity contribution in [2.75, 3.05) is 47.0 Å². The second kappa shape index (κ2) is 8.30. The molecule has 0 bridgehead atoms. The summed E-state index contributed by atoms with van der Waals surface area (Å²) < 4.78 is 16.7.